The van der Waals surface area contributed by atoms with Gasteiger partial charge >= 0.3 is 0 Å². The van der Waals surface area contributed by atoms with Gasteiger partial charge in [0.25, 0.3) is 5.91 Å². The molecule has 0 aliphatic heterocycles. The highest BCUT2D eigenvalue weighted by molar-refractivity contribution is 5.94. The Labute approximate surface area is 111 Å². The van der Waals surface area contributed by atoms with Crippen LogP contribution in [0, 0.1) is 0 Å². The summed E-state index contributed by atoms with van der Waals surface area (Å²) in [4.78, 5) is 16.2. The van der Waals surface area contributed by atoms with E-state index in [0.29, 0.717) is 17.1 Å². The van der Waals surface area contributed by atoms with E-state index in [2.05, 4.69) is 15.5 Å². The minimum Gasteiger partial charge on any atom is -0.384 e. The number of nitrogens with zero attached hydrogens (tertiary/aromatic N) is 2. The molecule has 0 fully saturated rings. The van der Waals surface area contributed by atoms with E-state index in [1.165, 1.54) is 6.20 Å². The first-order valence-electron chi connectivity index (χ1n) is 6.01. The van der Waals surface area contributed by atoms with E-state index in [-0.39, 0.29) is 18.4 Å². The molecule has 0 aliphatic carbocycles. The molecule has 0 aromatic carbocycles. The van der Waals surface area contributed by atoms with Gasteiger partial charge < -0.3 is 15.6 Å². The summed E-state index contributed by atoms with van der Waals surface area (Å²) in [7, 11) is 0. The van der Waals surface area contributed by atoms with Crippen molar-refractivity contribution in [1.29, 1.82) is 0 Å². The minimum atomic E-state index is -0.215. The van der Waals surface area contributed by atoms with Gasteiger partial charge in [0.2, 0.25) is 0 Å². The number of carbonyl (C=O) groups is 1. The molecule has 0 saturated heterocycles. The Kier molecular flexibility index (Phi) is 3.79. The van der Waals surface area contributed by atoms with E-state index in [9.17, 15) is 4.79 Å². The van der Waals surface area contributed by atoms with E-state index >= 15 is 0 Å². The Bertz CT molecular complexity index is 564. The van der Waals surface area contributed by atoms with Crippen LogP contribution in [0.3, 0.4) is 0 Å². The highest BCUT2D eigenvalue weighted by Gasteiger charge is 2.11. The number of nitrogens with two attached hydrogens (primary N) is 1. The number of aromatic nitrogens is 2. The number of nitrogens with one attached hydrogen (secondary N) is 1. The molecule has 6 heteroatoms. The molecule has 0 aliphatic rings. The molecule has 3 N–H and O–H groups in total. The number of hydrogen-bond acceptors (Lipinski definition) is 5. The number of carbonyl (C=O) groups excluding carboxylic acids is 1. The molecular formula is C13H16N4O2. The van der Waals surface area contributed by atoms with Gasteiger partial charge in [-0.25, -0.2) is 4.98 Å². The van der Waals surface area contributed by atoms with E-state index in [1.807, 2.05) is 13.8 Å². The number of pyridine rings is 1. The van der Waals surface area contributed by atoms with Crippen molar-refractivity contribution in [2.24, 2.45) is 0 Å². The van der Waals surface area contributed by atoms with Crippen LogP contribution in [0.2, 0.25) is 0 Å². The number of hydrogen-bond donors (Lipinski definition) is 2. The molecule has 6 nitrogen and oxygen atoms in total. The lowest BCUT2D eigenvalue weighted by Crippen LogP contribution is -2.23. The zero-order valence-electron chi connectivity index (χ0n) is 10.9. The van der Waals surface area contributed by atoms with Crippen molar-refractivity contribution in [3.8, 4) is 0 Å². The van der Waals surface area contributed by atoms with Gasteiger partial charge in [0.15, 0.2) is 5.76 Å². The topological polar surface area (TPSA) is 94.0 Å². The summed E-state index contributed by atoms with van der Waals surface area (Å²) < 4.78 is 4.90. The fourth-order valence-electron chi connectivity index (χ4n) is 1.60. The lowest BCUT2D eigenvalue weighted by molar-refractivity contribution is 0.0947. The van der Waals surface area contributed by atoms with E-state index < -0.39 is 0 Å². The molecule has 0 spiro atoms. The molecule has 2 aromatic heterocycles. The predicted molar refractivity (Wildman–Crippen MR) is 70.4 cm³/mol. The first-order chi connectivity index (χ1) is 9.06. The second-order valence-corrected chi connectivity index (χ2v) is 4.52. The maximum atomic E-state index is 12.0. The fraction of sp³-hybridized carbons (Fsp3) is 0.308. The van der Waals surface area contributed by atoms with Crippen molar-refractivity contribution in [3.63, 3.8) is 0 Å². The predicted octanol–water partition coefficient (Wildman–Crippen LogP) is 1.71. The van der Waals surface area contributed by atoms with Crippen molar-refractivity contribution in [2.45, 2.75) is 26.3 Å². The van der Waals surface area contributed by atoms with Crippen LogP contribution in [-0.4, -0.2) is 16.0 Å². The van der Waals surface area contributed by atoms with E-state index in [4.69, 9.17) is 10.3 Å². The van der Waals surface area contributed by atoms with Crippen LogP contribution >= 0.6 is 0 Å². The van der Waals surface area contributed by atoms with Gasteiger partial charge in [0.1, 0.15) is 5.82 Å². The molecular weight excluding hydrogens is 244 g/mol. The Morgan fingerprint density at radius 2 is 2.26 bits per heavy atom. The first-order valence-corrected chi connectivity index (χ1v) is 6.01. The second-order valence-electron chi connectivity index (χ2n) is 4.52. The van der Waals surface area contributed by atoms with Crippen LogP contribution < -0.4 is 11.1 Å². The van der Waals surface area contributed by atoms with Gasteiger partial charge in [0, 0.05) is 17.3 Å². The number of nitrogen functional groups attached to an aromatic ring is 1. The normalized spacial score (nSPS) is 10.7. The third kappa shape index (κ3) is 3.31. The lowest BCUT2D eigenvalue weighted by atomic mass is 10.1. The van der Waals surface area contributed by atoms with Gasteiger partial charge in [-0.2, -0.15) is 0 Å². The molecule has 0 bridgehead atoms. The number of amides is 1. The van der Waals surface area contributed by atoms with Crippen molar-refractivity contribution in [2.75, 3.05) is 5.73 Å². The van der Waals surface area contributed by atoms with E-state index in [1.54, 1.807) is 18.2 Å². The van der Waals surface area contributed by atoms with Crippen LogP contribution in [0.1, 0.15) is 41.6 Å². The van der Waals surface area contributed by atoms with Crippen LogP contribution in [0.25, 0.3) is 0 Å². The van der Waals surface area contributed by atoms with Crippen LogP contribution in [0.15, 0.2) is 28.9 Å². The standard InChI is InChI=1S/C13H16N4O2/c1-8(2)11-5-9(6-12(14)17-11)13(18)15-7-10-3-4-16-19-10/h3-6,8H,7H2,1-2H3,(H2,14,17)(H,15,18). The average Bonchev–Trinajstić information content (AvgIpc) is 2.88. The summed E-state index contributed by atoms with van der Waals surface area (Å²) in [5.74, 6) is 0.937. The molecule has 0 saturated carbocycles. The monoisotopic (exact) mass is 260 g/mol. The summed E-state index contributed by atoms with van der Waals surface area (Å²) in [6, 6.07) is 5.00. The Morgan fingerprint density at radius 3 is 2.89 bits per heavy atom. The molecule has 2 rings (SSSR count). The first kappa shape index (κ1) is 13.1. The Hall–Kier alpha value is -2.37. The van der Waals surface area contributed by atoms with Gasteiger partial charge in [-0.05, 0) is 18.1 Å². The second kappa shape index (κ2) is 5.51. The zero-order chi connectivity index (χ0) is 13.8. The number of anilines is 1. The third-order valence-electron chi connectivity index (χ3n) is 2.63. The maximum Gasteiger partial charge on any atom is 0.251 e. The van der Waals surface area contributed by atoms with Gasteiger partial charge in [-0.3, -0.25) is 4.79 Å². The molecule has 0 atom stereocenters. The summed E-state index contributed by atoms with van der Waals surface area (Å²) in [5.41, 5.74) is 7.00. The molecule has 0 unspecified atom stereocenters. The van der Waals surface area contributed by atoms with Crippen LogP contribution in [-0.2, 0) is 6.54 Å². The Balaban J connectivity index is 2.10. The molecule has 2 heterocycles. The average molecular weight is 260 g/mol. The largest absolute Gasteiger partial charge is 0.384 e. The van der Waals surface area contributed by atoms with Crippen molar-refractivity contribution < 1.29 is 9.32 Å². The van der Waals surface area contributed by atoms with Crippen LogP contribution in [0.5, 0.6) is 0 Å². The summed E-state index contributed by atoms with van der Waals surface area (Å²) in [6.07, 6.45) is 1.53. The molecule has 1 amide bonds. The van der Waals surface area contributed by atoms with Crippen molar-refractivity contribution in [1.82, 2.24) is 15.5 Å². The third-order valence-corrected chi connectivity index (χ3v) is 2.63. The Morgan fingerprint density at radius 1 is 1.47 bits per heavy atom. The smallest absolute Gasteiger partial charge is 0.251 e. The zero-order valence-corrected chi connectivity index (χ0v) is 10.9. The summed E-state index contributed by atoms with van der Waals surface area (Å²) >= 11 is 0. The highest BCUT2D eigenvalue weighted by Crippen LogP contribution is 2.16. The van der Waals surface area contributed by atoms with Gasteiger partial charge in [0.05, 0.1) is 12.7 Å². The van der Waals surface area contributed by atoms with Crippen LogP contribution in [0.4, 0.5) is 5.82 Å². The lowest BCUT2D eigenvalue weighted by Gasteiger charge is -2.09. The SMILES string of the molecule is CC(C)c1cc(C(=O)NCc2ccno2)cc(N)n1. The van der Waals surface area contributed by atoms with E-state index in [0.717, 1.165) is 5.69 Å². The number of rotatable bonds is 4. The quantitative estimate of drug-likeness (QED) is 0.872. The van der Waals surface area contributed by atoms with Crippen molar-refractivity contribution >= 4 is 11.7 Å². The molecule has 100 valence electrons. The molecule has 19 heavy (non-hydrogen) atoms. The summed E-state index contributed by atoms with van der Waals surface area (Å²) in [6.45, 7) is 4.29. The van der Waals surface area contributed by atoms with Gasteiger partial charge in [-0.1, -0.05) is 19.0 Å². The highest BCUT2D eigenvalue weighted by atomic mass is 16.5. The van der Waals surface area contributed by atoms with Gasteiger partial charge in [-0.15, -0.1) is 0 Å². The molecule has 0 radical (unpaired) electrons. The minimum absolute atomic E-state index is 0.212. The fourth-order valence-corrected chi connectivity index (χ4v) is 1.60. The summed E-state index contributed by atoms with van der Waals surface area (Å²) in [5, 5.41) is 6.31. The van der Waals surface area contributed by atoms with Crippen molar-refractivity contribution in [3.05, 3.63) is 41.4 Å². The molecule has 2 aromatic rings. The maximum absolute atomic E-state index is 12.0.